The number of nitrogens with zero attached hydrogens (tertiary/aromatic N) is 3. The van der Waals surface area contributed by atoms with Gasteiger partial charge in [0.15, 0.2) is 0 Å². The Morgan fingerprint density at radius 3 is 2.19 bits per heavy atom. The van der Waals surface area contributed by atoms with E-state index < -0.39 is 0 Å². The first kappa shape index (κ1) is 12.5. The molecule has 0 aliphatic heterocycles. The van der Waals surface area contributed by atoms with Crippen LogP contribution in [0.15, 0.2) is 17.2 Å². The number of imidazole rings is 1. The van der Waals surface area contributed by atoms with Crippen molar-refractivity contribution < 1.29 is 4.79 Å². The summed E-state index contributed by atoms with van der Waals surface area (Å²) in [7, 11) is 0. The molecular formula is C11H19N3O2. The predicted molar refractivity (Wildman–Crippen MR) is 62.3 cm³/mol. The summed E-state index contributed by atoms with van der Waals surface area (Å²) in [5.74, 6) is -0.0130. The Bertz CT molecular complexity index is 402. The number of amides is 1. The molecule has 1 aromatic rings. The van der Waals surface area contributed by atoms with Gasteiger partial charge in [-0.3, -0.25) is 13.9 Å². The van der Waals surface area contributed by atoms with E-state index in [2.05, 4.69) is 0 Å². The molecule has 5 heteroatoms. The van der Waals surface area contributed by atoms with Gasteiger partial charge in [0.1, 0.15) is 6.54 Å². The van der Waals surface area contributed by atoms with Crippen molar-refractivity contribution in [2.24, 2.45) is 0 Å². The van der Waals surface area contributed by atoms with Gasteiger partial charge in [0.2, 0.25) is 5.91 Å². The molecule has 0 unspecified atom stereocenters. The van der Waals surface area contributed by atoms with Crippen LogP contribution < -0.4 is 5.69 Å². The first-order chi connectivity index (χ1) is 7.63. The van der Waals surface area contributed by atoms with E-state index >= 15 is 0 Å². The van der Waals surface area contributed by atoms with Crippen LogP contribution >= 0.6 is 0 Å². The summed E-state index contributed by atoms with van der Waals surface area (Å²) in [4.78, 5) is 25.2. The van der Waals surface area contributed by atoms with Crippen LogP contribution in [0.2, 0.25) is 0 Å². The number of carbonyl (C=O) groups is 1. The van der Waals surface area contributed by atoms with E-state index in [9.17, 15) is 9.59 Å². The minimum atomic E-state index is -0.122. The standard InChI is InChI=1S/C11H19N3O2/c1-4-12(5-2)10(15)9-14-8-7-13(6-3)11(14)16/h7-8H,4-6,9H2,1-3H3. The van der Waals surface area contributed by atoms with Crippen LogP contribution in [0, 0.1) is 0 Å². The topological polar surface area (TPSA) is 47.2 Å². The number of hydrogen-bond donors (Lipinski definition) is 0. The van der Waals surface area contributed by atoms with Crippen molar-refractivity contribution in [3.63, 3.8) is 0 Å². The zero-order chi connectivity index (χ0) is 12.1. The van der Waals surface area contributed by atoms with E-state index in [1.165, 1.54) is 4.57 Å². The van der Waals surface area contributed by atoms with E-state index in [4.69, 9.17) is 0 Å². The van der Waals surface area contributed by atoms with Crippen molar-refractivity contribution in [1.82, 2.24) is 14.0 Å². The van der Waals surface area contributed by atoms with Crippen molar-refractivity contribution in [2.75, 3.05) is 13.1 Å². The van der Waals surface area contributed by atoms with E-state index in [1.54, 1.807) is 21.9 Å². The second-order valence-electron chi connectivity index (χ2n) is 3.56. The minimum absolute atomic E-state index is 0.0130. The average molecular weight is 225 g/mol. The van der Waals surface area contributed by atoms with Crippen LogP contribution in [0.4, 0.5) is 0 Å². The smallest absolute Gasteiger partial charge is 0.328 e. The summed E-state index contributed by atoms with van der Waals surface area (Å²) < 4.78 is 3.03. The lowest BCUT2D eigenvalue weighted by molar-refractivity contribution is -0.131. The van der Waals surface area contributed by atoms with Gasteiger partial charge in [-0.25, -0.2) is 4.79 Å². The maximum Gasteiger partial charge on any atom is 0.328 e. The van der Waals surface area contributed by atoms with Gasteiger partial charge in [-0.2, -0.15) is 0 Å². The Morgan fingerprint density at radius 1 is 1.19 bits per heavy atom. The van der Waals surface area contributed by atoms with Gasteiger partial charge in [-0.05, 0) is 20.8 Å². The maximum absolute atomic E-state index is 11.8. The zero-order valence-electron chi connectivity index (χ0n) is 10.1. The fourth-order valence-electron chi connectivity index (χ4n) is 1.64. The fraction of sp³-hybridized carbons (Fsp3) is 0.636. The zero-order valence-corrected chi connectivity index (χ0v) is 10.1. The molecule has 0 aromatic carbocycles. The molecule has 0 radical (unpaired) electrons. The average Bonchev–Trinajstić information content (AvgIpc) is 2.62. The Morgan fingerprint density at radius 2 is 1.75 bits per heavy atom. The molecule has 16 heavy (non-hydrogen) atoms. The third kappa shape index (κ3) is 2.53. The van der Waals surface area contributed by atoms with E-state index in [0.29, 0.717) is 19.6 Å². The van der Waals surface area contributed by atoms with Gasteiger partial charge in [0.05, 0.1) is 0 Å². The van der Waals surface area contributed by atoms with E-state index in [0.717, 1.165) is 0 Å². The Labute approximate surface area is 95.3 Å². The van der Waals surface area contributed by atoms with E-state index in [1.807, 2.05) is 20.8 Å². The molecule has 0 saturated carbocycles. The first-order valence-corrected chi connectivity index (χ1v) is 5.67. The van der Waals surface area contributed by atoms with Crippen LogP contribution in [0.1, 0.15) is 20.8 Å². The minimum Gasteiger partial charge on any atom is -0.342 e. The quantitative estimate of drug-likeness (QED) is 0.734. The number of carbonyl (C=O) groups excluding carboxylic acids is 1. The molecule has 1 heterocycles. The summed E-state index contributed by atoms with van der Waals surface area (Å²) in [6.45, 7) is 7.89. The number of hydrogen-bond acceptors (Lipinski definition) is 2. The summed E-state index contributed by atoms with van der Waals surface area (Å²) in [5, 5.41) is 0. The molecular weight excluding hydrogens is 206 g/mol. The lowest BCUT2D eigenvalue weighted by Gasteiger charge is -2.18. The third-order valence-corrected chi connectivity index (χ3v) is 2.68. The van der Waals surface area contributed by atoms with Gasteiger partial charge >= 0.3 is 5.69 Å². The number of rotatable bonds is 5. The Kier molecular flexibility index (Phi) is 4.34. The van der Waals surface area contributed by atoms with Crippen molar-refractivity contribution in [1.29, 1.82) is 0 Å². The summed E-state index contributed by atoms with van der Waals surface area (Å²) >= 11 is 0. The predicted octanol–water partition coefficient (Wildman–Crippen LogP) is 0.538. The van der Waals surface area contributed by atoms with Gasteiger partial charge in [-0.1, -0.05) is 0 Å². The van der Waals surface area contributed by atoms with Crippen LogP contribution in [0.3, 0.4) is 0 Å². The molecule has 0 fully saturated rings. The SMILES string of the molecule is CCN(CC)C(=O)Cn1ccn(CC)c1=O. The van der Waals surface area contributed by atoms with Crippen LogP contribution in [-0.2, 0) is 17.9 Å². The monoisotopic (exact) mass is 225 g/mol. The number of aryl methyl sites for hydroxylation is 1. The molecule has 0 N–H and O–H groups in total. The molecule has 0 aliphatic carbocycles. The van der Waals surface area contributed by atoms with E-state index in [-0.39, 0.29) is 18.1 Å². The summed E-state index contributed by atoms with van der Waals surface area (Å²) in [6.07, 6.45) is 3.37. The van der Waals surface area contributed by atoms with Crippen LogP contribution in [0.25, 0.3) is 0 Å². The Hall–Kier alpha value is -1.52. The molecule has 0 atom stereocenters. The molecule has 90 valence electrons. The summed E-state index contributed by atoms with van der Waals surface area (Å²) in [5.41, 5.74) is -0.122. The molecule has 0 bridgehead atoms. The third-order valence-electron chi connectivity index (χ3n) is 2.68. The highest BCUT2D eigenvalue weighted by Crippen LogP contribution is 1.93. The van der Waals surface area contributed by atoms with Crippen LogP contribution in [0.5, 0.6) is 0 Å². The normalized spacial score (nSPS) is 10.4. The van der Waals surface area contributed by atoms with Crippen molar-refractivity contribution in [3.05, 3.63) is 22.9 Å². The second-order valence-corrected chi connectivity index (χ2v) is 3.56. The molecule has 1 rings (SSSR count). The highest BCUT2D eigenvalue weighted by atomic mass is 16.2. The second kappa shape index (κ2) is 5.53. The largest absolute Gasteiger partial charge is 0.342 e. The molecule has 0 aliphatic rings. The first-order valence-electron chi connectivity index (χ1n) is 5.67. The summed E-state index contributed by atoms with van der Waals surface area (Å²) in [6, 6.07) is 0. The number of likely N-dealkylation sites (N-methyl/N-ethyl adjacent to an activating group) is 1. The van der Waals surface area contributed by atoms with Crippen LogP contribution in [-0.4, -0.2) is 33.0 Å². The highest BCUT2D eigenvalue weighted by Gasteiger charge is 2.11. The maximum atomic E-state index is 11.8. The molecule has 1 amide bonds. The lowest BCUT2D eigenvalue weighted by Crippen LogP contribution is -2.36. The molecule has 0 saturated heterocycles. The highest BCUT2D eigenvalue weighted by molar-refractivity contribution is 5.75. The van der Waals surface area contributed by atoms with Gasteiger partial charge < -0.3 is 4.90 Å². The molecule has 1 aromatic heterocycles. The fourth-order valence-corrected chi connectivity index (χ4v) is 1.64. The Balaban J connectivity index is 2.77. The van der Waals surface area contributed by atoms with Crippen molar-refractivity contribution in [3.8, 4) is 0 Å². The molecule has 5 nitrogen and oxygen atoms in total. The van der Waals surface area contributed by atoms with Gasteiger partial charge in [0.25, 0.3) is 0 Å². The van der Waals surface area contributed by atoms with Gasteiger partial charge in [0, 0.05) is 32.0 Å². The van der Waals surface area contributed by atoms with Gasteiger partial charge in [-0.15, -0.1) is 0 Å². The van der Waals surface area contributed by atoms with Crippen molar-refractivity contribution >= 4 is 5.91 Å². The van der Waals surface area contributed by atoms with Crippen molar-refractivity contribution in [2.45, 2.75) is 33.9 Å². The molecule has 0 spiro atoms. The number of aromatic nitrogens is 2. The lowest BCUT2D eigenvalue weighted by atomic mass is 10.4.